The molecule has 0 aliphatic carbocycles. The van der Waals surface area contributed by atoms with E-state index in [1.54, 1.807) is 12.7 Å². The standard InChI is InChI=1S/C30H30N8/c1-29(2,25-15-31-19-33-25)27-35-23(17-37(27)21-11-7-5-8-12-21)24-18-38(22-13-9-6-10-14-22)28(36-24)30(3,4)26-16-32-20-34-26/h5-20H,1-4H3,(H,31,33)(H,32,34). The molecule has 0 radical (unpaired) electrons. The second kappa shape index (κ2) is 8.99. The molecule has 0 atom stereocenters. The molecule has 8 heteroatoms. The number of nitrogens with zero attached hydrogens (tertiary/aromatic N) is 6. The molecule has 190 valence electrons. The Morgan fingerprint density at radius 2 is 0.974 bits per heavy atom. The summed E-state index contributed by atoms with van der Waals surface area (Å²) in [5, 5.41) is 0. The SMILES string of the molecule is CC(C)(c1cnc[nH]1)c1nc(-c2cn(-c3ccccc3)c(C(C)(C)c3cnc[nH]3)n2)cn1-c1ccccc1. The van der Waals surface area contributed by atoms with E-state index in [1.165, 1.54) is 0 Å². The Balaban J connectivity index is 1.55. The van der Waals surface area contributed by atoms with E-state index in [2.05, 4.69) is 93.4 Å². The lowest BCUT2D eigenvalue weighted by Crippen LogP contribution is -2.24. The van der Waals surface area contributed by atoms with Crippen LogP contribution in [-0.4, -0.2) is 39.0 Å². The molecule has 2 aromatic carbocycles. The van der Waals surface area contributed by atoms with E-state index in [-0.39, 0.29) is 0 Å². The Morgan fingerprint density at radius 3 is 1.32 bits per heavy atom. The molecule has 0 fully saturated rings. The maximum atomic E-state index is 5.20. The molecule has 0 spiro atoms. The molecule has 0 saturated heterocycles. The second-order valence-electron chi connectivity index (χ2n) is 10.5. The fourth-order valence-electron chi connectivity index (χ4n) is 4.90. The molecule has 4 heterocycles. The summed E-state index contributed by atoms with van der Waals surface area (Å²) in [6.45, 7) is 8.62. The second-order valence-corrected chi connectivity index (χ2v) is 10.5. The van der Waals surface area contributed by atoms with Crippen LogP contribution in [0.25, 0.3) is 22.8 Å². The number of para-hydroxylation sites is 2. The van der Waals surface area contributed by atoms with Gasteiger partial charge in [0.25, 0.3) is 0 Å². The average molecular weight is 503 g/mol. The number of aromatic amines is 2. The van der Waals surface area contributed by atoms with Crippen LogP contribution in [0.15, 0.2) is 98.1 Å². The smallest absolute Gasteiger partial charge is 0.125 e. The number of H-pyrrole nitrogens is 2. The van der Waals surface area contributed by atoms with Gasteiger partial charge in [0.1, 0.15) is 23.0 Å². The maximum absolute atomic E-state index is 5.20. The van der Waals surface area contributed by atoms with Gasteiger partial charge in [-0.2, -0.15) is 0 Å². The summed E-state index contributed by atoms with van der Waals surface area (Å²) in [6, 6.07) is 20.6. The summed E-state index contributed by atoms with van der Waals surface area (Å²) < 4.78 is 4.30. The van der Waals surface area contributed by atoms with Crippen LogP contribution >= 0.6 is 0 Å². The van der Waals surface area contributed by atoms with E-state index in [0.29, 0.717) is 0 Å². The Labute approximate surface area is 221 Å². The first-order chi connectivity index (χ1) is 18.4. The third-order valence-electron chi connectivity index (χ3n) is 7.20. The van der Waals surface area contributed by atoms with Crippen molar-refractivity contribution in [3.05, 3.63) is 121 Å². The minimum absolute atomic E-state index is 0.426. The molecular weight excluding hydrogens is 472 g/mol. The first-order valence-corrected chi connectivity index (χ1v) is 12.6. The van der Waals surface area contributed by atoms with Gasteiger partial charge in [0.2, 0.25) is 0 Å². The predicted octanol–water partition coefficient (Wildman–Crippen LogP) is 5.82. The summed E-state index contributed by atoms with van der Waals surface area (Å²) in [7, 11) is 0. The average Bonchev–Trinajstić information content (AvgIpc) is 3.76. The van der Waals surface area contributed by atoms with Crippen LogP contribution in [0.4, 0.5) is 0 Å². The highest BCUT2D eigenvalue weighted by molar-refractivity contribution is 5.58. The van der Waals surface area contributed by atoms with Crippen LogP contribution in [-0.2, 0) is 10.8 Å². The van der Waals surface area contributed by atoms with E-state index in [1.807, 2.05) is 48.8 Å². The van der Waals surface area contributed by atoms with Crippen molar-refractivity contribution in [3.8, 4) is 22.8 Å². The fourth-order valence-corrected chi connectivity index (χ4v) is 4.90. The Kier molecular flexibility index (Phi) is 5.60. The van der Waals surface area contributed by atoms with Crippen molar-refractivity contribution in [2.75, 3.05) is 0 Å². The summed E-state index contributed by atoms with van der Waals surface area (Å²) in [4.78, 5) is 25.5. The van der Waals surface area contributed by atoms with Gasteiger partial charge in [0.05, 0.1) is 23.5 Å². The number of imidazole rings is 4. The molecule has 38 heavy (non-hydrogen) atoms. The number of nitrogens with one attached hydrogen (secondary N) is 2. The maximum Gasteiger partial charge on any atom is 0.125 e. The number of hydrogen-bond donors (Lipinski definition) is 2. The van der Waals surface area contributed by atoms with Crippen molar-refractivity contribution in [1.82, 2.24) is 39.0 Å². The van der Waals surface area contributed by atoms with Gasteiger partial charge >= 0.3 is 0 Å². The van der Waals surface area contributed by atoms with E-state index in [0.717, 1.165) is 45.8 Å². The van der Waals surface area contributed by atoms with Gasteiger partial charge in [-0.05, 0) is 52.0 Å². The molecule has 6 rings (SSSR count). The van der Waals surface area contributed by atoms with E-state index >= 15 is 0 Å². The van der Waals surface area contributed by atoms with Gasteiger partial charge < -0.3 is 19.1 Å². The minimum Gasteiger partial charge on any atom is -0.348 e. The van der Waals surface area contributed by atoms with Gasteiger partial charge in [0, 0.05) is 47.6 Å². The van der Waals surface area contributed by atoms with Crippen LogP contribution < -0.4 is 0 Å². The molecule has 6 aromatic rings. The van der Waals surface area contributed by atoms with E-state index in [9.17, 15) is 0 Å². The molecule has 0 saturated carbocycles. The van der Waals surface area contributed by atoms with Crippen molar-refractivity contribution in [1.29, 1.82) is 0 Å². The van der Waals surface area contributed by atoms with Crippen LogP contribution in [0.5, 0.6) is 0 Å². The van der Waals surface area contributed by atoms with Gasteiger partial charge in [-0.3, -0.25) is 0 Å². The van der Waals surface area contributed by atoms with Gasteiger partial charge in [0.15, 0.2) is 0 Å². The van der Waals surface area contributed by atoms with Crippen molar-refractivity contribution >= 4 is 0 Å². The summed E-state index contributed by atoms with van der Waals surface area (Å²) in [6.07, 6.45) is 11.3. The minimum atomic E-state index is -0.426. The summed E-state index contributed by atoms with van der Waals surface area (Å²) >= 11 is 0. The zero-order chi connectivity index (χ0) is 26.3. The topological polar surface area (TPSA) is 93.0 Å². The normalized spacial score (nSPS) is 12.2. The van der Waals surface area contributed by atoms with Gasteiger partial charge in [-0.1, -0.05) is 36.4 Å². The highest BCUT2D eigenvalue weighted by Gasteiger charge is 2.34. The summed E-state index contributed by atoms with van der Waals surface area (Å²) in [5.74, 6) is 1.79. The number of aromatic nitrogens is 8. The first kappa shape index (κ1) is 23.7. The lowest BCUT2D eigenvalue weighted by atomic mass is 9.88. The third-order valence-corrected chi connectivity index (χ3v) is 7.20. The van der Waals surface area contributed by atoms with Crippen molar-refractivity contribution in [2.45, 2.75) is 38.5 Å². The van der Waals surface area contributed by atoms with Crippen LogP contribution in [0, 0.1) is 0 Å². The fraction of sp³-hybridized carbons (Fsp3) is 0.200. The first-order valence-electron chi connectivity index (χ1n) is 12.6. The third kappa shape index (κ3) is 3.94. The van der Waals surface area contributed by atoms with Crippen molar-refractivity contribution in [2.24, 2.45) is 0 Å². The molecule has 2 N–H and O–H groups in total. The molecule has 0 aliphatic rings. The number of benzene rings is 2. The lowest BCUT2D eigenvalue weighted by Gasteiger charge is -2.23. The largest absolute Gasteiger partial charge is 0.348 e. The Hall–Kier alpha value is -4.72. The van der Waals surface area contributed by atoms with Crippen LogP contribution in [0.3, 0.4) is 0 Å². The zero-order valence-corrected chi connectivity index (χ0v) is 21.9. The zero-order valence-electron chi connectivity index (χ0n) is 21.9. The lowest BCUT2D eigenvalue weighted by molar-refractivity contribution is 0.563. The molecule has 0 unspecified atom stereocenters. The highest BCUT2D eigenvalue weighted by atomic mass is 15.1. The van der Waals surface area contributed by atoms with Crippen LogP contribution in [0.1, 0.15) is 50.7 Å². The Morgan fingerprint density at radius 1 is 0.579 bits per heavy atom. The van der Waals surface area contributed by atoms with Crippen molar-refractivity contribution in [3.63, 3.8) is 0 Å². The summed E-state index contributed by atoms with van der Waals surface area (Å²) in [5.41, 5.74) is 4.80. The molecule has 0 amide bonds. The highest BCUT2D eigenvalue weighted by Crippen LogP contribution is 2.36. The quantitative estimate of drug-likeness (QED) is 0.288. The number of hydrogen-bond acceptors (Lipinski definition) is 4. The van der Waals surface area contributed by atoms with Gasteiger partial charge in [-0.15, -0.1) is 0 Å². The van der Waals surface area contributed by atoms with Crippen molar-refractivity contribution < 1.29 is 0 Å². The Bertz CT molecular complexity index is 1510. The predicted molar refractivity (Wildman–Crippen MR) is 148 cm³/mol. The number of rotatable bonds is 7. The molecule has 0 aliphatic heterocycles. The molecule has 4 aromatic heterocycles. The van der Waals surface area contributed by atoms with E-state index in [4.69, 9.17) is 9.97 Å². The monoisotopic (exact) mass is 502 g/mol. The van der Waals surface area contributed by atoms with Gasteiger partial charge in [-0.25, -0.2) is 19.9 Å². The molecular formula is C30H30N8. The van der Waals surface area contributed by atoms with E-state index < -0.39 is 10.8 Å². The molecule has 0 bridgehead atoms. The molecule has 8 nitrogen and oxygen atoms in total. The van der Waals surface area contributed by atoms with Crippen LogP contribution in [0.2, 0.25) is 0 Å².